The predicted molar refractivity (Wildman–Crippen MR) is 74.5 cm³/mol. The largest absolute Gasteiger partial charge is 0.360 e. The summed E-state index contributed by atoms with van der Waals surface area (Å²) in [6.45, 7) is 7.19. The van der Waals surface area contributed by atoms with Crippen LogP contribution in [0, 0.1) is 6.92 Å². The number of nitrogens with zero attached hydrogens (tertiary/aromatic N) is 3. The molecule has 0 aliphatic heterocycles. The lowest BCUT2D eigenvalue weighted by Gasteiger charge is -2.07. The van der Waals surface area contributed by atoms with Gasteiger partial charge in [0.15, 0.2) is 5.76 Å². The van der Waals surface area contributed by atoms with Crippen LogP contribution in [0.2, 0.25) is 0 Å². The Morgan fingerprint density at radius 2 is 2.30 bits per heavy atom. The summed E-state index contributed by atoms with van der Waals surface area (Å²) in [5, 5.41) is 6.79. The van der Waals surface area contributed by atoms with E-state index in [-0.39, 0.29) is 11.8 Å². The molecule has 2 aromatic heterocycles. The number of carbonyl (C=O) groups excluding carboxylic acids is 1. The number of amides is 1. The first-order valence-electron chi connectivity index (χ1n) is 6.79. The highest BCUT2D eigenvalue weighted by molar-refractivity contribution is 5.96. The second-order valence-corrected chi connectivity index (χ2v) is 5.07. The van der Waals surface area contributed by atoms with Crippen LogP contribution in [0.5, 0.6) is 0 Å². The summed E-state index contributed by atoms with van der Waals surface area (Å²) >= 11 is 0. The third-order valence-corrected chi connectivity index (χ3v) is 3.08. The van der Waals surface area contributed by atoms with Crippen LogP contribution in [0.25, 0.3) is 0 Å². The summed E-state index contributed by atoms with van der Waals surface area (Å²) in [6, 6.07) is 0. The average Bonchev–Trinajstić information content (AvgIpc) is 3.03. The van der Waals surface area contributed by atoms with Crippen LogP contribution in [0.15, 0.2) is 23.2 Å². The fourth-order valence-electron chi connectivity index (χ4n) is 2.03. The van der Waals surface area contributed by atoms with E-state index in [0.29, 0.717) is 23.6 Å². The molecule has 2 heterocycles. The average molecular weight is 276 g/mol. The molecule has 0 radical (unpaired) electrons. The van der Waals surface area contributed by atoms with Gasteiger partial charge in [-0.05, 0) is 13.3 Å². The van der Waals surface area contributed by atoms with Crippen molar-refractivity contribution in [2.24, 2.45) is 0 Å². The predicted octanol–water partition coefficient (Wildman–Crippen LogP) is 2.12. The van der Waals surface area contributed by atoms with Crippen LogP contribution in [0.4, 0.5) is 0 Å². The first-order valence-corrected chi connectivity index (χ1v) is 6.79. The molecule has 108 valence electrons. The normalized spacial score (nSPS) is 11.0. The second kappa shape index (κ2) is 6.36. The molecular formula is C14H20N4O2. The molecule has 0 saturated heterocycles. The van der Waals surface area contributed by atoms with Crippen molar-refractivity contribution in [1.82, 2.24) is 20.0 Å². The van der Waals surface area contributed by atoms with Gasteiger partial charge in [-0.2, -0.15) is 0 Å². The Balaban J connectivity index is 1.87. The summed E-state index contributed by atoms with van der Waals surface area (Å²) in [5.74, 6) is 0.676. The Bertz CT molecular complexity index is 558. The molecule has 0 aliphatic carbocycles. The van der Waals surface area contributed by atoms with Crippen LogP contribution in [0.1, 0.15) is 48.0 Å². The van der Waals surface area contributed by atoms with Gasteiger partial charge in [-0.15, -0.1) is 0 Å². The maximum absolute atomic E-state index is 12.2. The molecule has 0 bridgehead atoms. The highest BCUT2D eigenvalue weighted by atomic mass is 16.5. The summed E-state index contributed by atoms with van der Waals surface area (Å²) in [7, 11) is 0. The maximum Gasteiger partial charge on any atom is 0.256 e. The number of carbonyl (C=O) groups is 1. The second-order valence-electron chi connectivity index (χ2n) is 5.07. The smallest absolute Gasteiger partial charge is 0.256 e. The molecule has 2 rings (SSSR count). The number of aryl methyl sites for hydroxylation is 2. The highest BCUT2D eigenvalue weighted by Gasteiger charge is 2.21. The molecule has 6 nitrogen and oxygen atoms in total. The van der Waals surface area contributed by atoms with Gasteiger partial charge in [0, 0.05) is 31.4 Å². The standard InChI is InChI=1S/C14H20N4O2/c1-10(2)13-12(11(3)17-20-13)14(19)16-5-4-7-18-8-6-15-9-18/h6,8-10H,4-5,7H2,1-3H3,(H,16,19). The van der Waals surface area contributed by atoms with Crippen molar-refractivity contribution in [2.75, 3.05) is 6.54 Å². The van der Waals surface area contributed by atoms with Gasteiger partial charge in [0.25, 0.3) is 5.91 Å². The van der Waals surface area contributed by atoms with Gasteiger partial charge in [-0.3, -0.25) is 4.79 Å². The fourth-order valence-corrected chi connectivity index (χ4v) is 2.03. The number of hydrogen-bond acceptors (Lipinski definition) is 4. The summed E-state index contributed by atoms with van der Waals surface area (Å²) in [6.07, 6.45) is 6.27. The van der Waals surface area contributed by atoms with Gasteiger partial charge < -0.3 is 14.4 Å². The summed E-state index contributed by atoms with van der Waals surface area (Å²) < 4.78 is 7.20. The number of aromatic nitrogens is 3. The van der Waals surface area contributed by atoms with E-state index in [1.807, 2.05) is 24.6 Å². The van der Waals surface area contributed by atoms with Crippen LogP contribution in [0.3, 0.4) is 0 Å². The lowest BCUT2D eigenvalue weighted by Crippen LogP contribution is -2.26. The van der Waals surface area contributed by atoms with Crippen molar-refractivity contribution in [3.8, 4) is 0 Å². The molecule has 2 aromatic rings. The van der Waals surface area contributed by atoms with E-state index in [0.717, 1.165) is 13.0 Å². The third-order valence-electron chi connectivity index (χ3n) is 3.08. The molecule has 20 heavy (non-hydrogen) atoms. The minimum atomic E-state index is -0.113. The lowest BCUT2D eigenvalue weighted by atomic mass is 10.0. The maximum atomic E-state index is 12.2. The molecule has 0 unspecified atom stereocenters. The van der Waals surface area contributed by atoms with Crippen molar-refractivity contribution < 1.29 is 9.32 Å². The molecule has 1 amide bonds. The monoisotopic (exact) mass is 276 g/mol. The fraction of sp³-hybridized carbons (Fsp3) is 0.500. The zero-order valence-corrected chi connectivity index (χ0v) is 12.1. The number of rotatable bonds is 6. The van der Waals surface area contributed by atoms with E-state index in [4.69, 9.17) is 4.52 Å². The van der Waals surface area contributed by atoms with Crippen LogP contribution < -0.4 is 5.32 Å². The first-order chi connectivity index (χ1) is 9.59. The van der Waals surface area contributed by atoms with Crippen molar-refractivity contribution >= 4 is 5.91 Å². The molecule has 0 aromatic carbocycles. The quantitative estimate of drug-likeness (QED) is 0.820. The Morgan fingerprint density at radius 3 is 2.95 bits per heavy atom. The third kappa shape index (κ3) is 3.26. The summed E-state index contributed by atoms with van der Waals surface area (Å²) in [5.41, 5.74) is 1.21. The van der Waals surface area contributed by atoms with E-state index >= 15 is 0 Å². The summed E-state index contributed by atoms with van der Waals surface area (Å²) in [4.78, 5) is 16.2. The van der Waals surface area contributed by atoms with E-state index in [1.54, 1.807) is 19.4 Å². The molecule has 1 N–H and O–H groups in total. The number of imidazole rings is 1. The molecule has 0 saturated carbocycles. The Kier molecular flexibility index (Phi) is 4.55. The van der Waals surface area contributed by atoms with E-state index in [1.165, 1.54) is 0 Å². The lowest BCUT2D eigenvalue weighted by molar-refractivity contribution is 0.0949. The Hall–Kier alpha value is -2.11. The van der Waals surface area contributed by atoms with Gasteiger partial charge in [-0.1, -0.05) is 19.0 Å². The molecule has 0 fully saturated rings. The zero-order valence-electron chi connectivity index (χ0n) is 12.1. The van der Waals surface area contributed by atoms with Gasteiger partial charge in [0.2, 0.25) is 0 Å². The van der Waals surface area contributed by atoms with Crippen molar-refractivity contribution in [3.05, 3.63) is 35.7 Å². The Morgan fingerprint density at radius 1 is 1.50 bits per heavy atom. The highest BCUT2D eigenvalue weighted by Crippen LogP contribution is 2.21. The molecule has 0 atom stereocenters. The SMILES string of the molecule is Cc1noc(C(C)C)c1C(=O)NCCCn1ccnc1. The van der Waals surface area contributed by atoms with Crippen molar-refractivity contribution in [3.63, 3.8) is 0 Å². The van der Waals surface area contributed by atoms with Crippen LogP contribution in [-0.4, -0.2) is 27.2 Å². The van der Waals surface area contributed by atoms with Crippen molar-refractivity contribution in [2.45, 2.75) is 39.7 Å². The van der Waals surface area contributed by atoms with E-state index < -0.39 is 0 Å². The number of nitrogens with one attached hydrogen (secondary N) is 1. The van der Waals surface area contributed by atoms with Gasteiger partial charge in [0.05, 0.1) is 12.0 Å². The topological polar surface area (TPSA) is 73.0 Å². The van der Waals surface area contributed by atoms with Gasteiger partial charge in [0.1, 0.15) is 5.56 Å². The van der Waals surface area contributed by atoms with E-state index in [2.05, 4.69) is 15.5 Å². The van der Waals surface area contributed by atoms with Gasteiger partial charge in [-0.25, -0.2) is 4.98 Å². The molecule has 0 spiro atoms. The molecule has 6 heteroatoms. The Labute approximate surface area is 118 Å². The zero-order chi connectivity index (χ0) is 14.5. The van der Waals surface area contributed by atoms with Crippen molar-refractivity contribution in [1.29, 1.82) is 0 Å². The van der Waals surface area contributed by atoms with E-state index in [9.17, 15) is 4.79 Å². The molecular weight excluding hydrogens is 256 g/mol. The van der Waals surface area contributed by atoms with Crippen LogP contribution in [-0.2, 0) is 6.54 Å². The minimum absolute atomic E-state index is 0.113. The van der Waals surface area contributed by atoms with Crippen LogP contribution >= 0.6 is 0 Å². The minimum Gasteiger partial charge on any atom is -0.360 e. The number of hydrogen-bond donors (Lipinski definition) is 1. The molecule has 0 aliphatic rings. The first kappa shape index (κ1) is 14.3. The van der Waals surface area contributed by atoms with Gasteiger partial charge >= 0.3 is 0 Å².